The topological polar surface area (TPSA) is 116 Å². The van der Waals surface area contributed by atoms with Crippen molar-refractivity contribution in [1.29, 1.82) is 0 Å². The van der Waals surface area contributed by atoms with Gasteiger partial charge in [-0.15, -0.1) is 0 Å². The highest BCUT2D eigenvalue weighted by Crippen LogP contribution is 2.30. The Morgan fingerprint density at radius 2 is 1.55 bits per heavy atom. The monoisotopic (exact) mass is 553 g/mol. The van der Waals surface area contributed by atoms with Crippen LogP contribution in [0.3, 0.4) is 0 Å². The minimum absolute atomic E-state index is 0.0197. The zero-order chi connectivity index (χ0) is 27.3. The molecule has 0 saturated carbocycles. The Hall–Kier alpha value is -2.07. The van der Waals surface area contributed by atoms with Gasteiger partial charge in [0.2, 0.25) is 0 Å². The van der Waals surface area contributed by atoms with E-state index in [0.29, 0.717) is 39.3 Å². The van der Waals surface area contributed by atoms with Crippen LogP contribution in [0, 0.1) is 0 Å². The molecule has 2 aliphatic rings. The Morgan fingerprint density at radius 1 is 0.974 bits per heavy atom. The van der Waals surface area contributed by atoms with Crippen LogP contribution < -0.4 is 5.32 Å². The molecule has 0 radical (unpaired) electrons. The molecule has 1 saturated heterocycles. The Bertz CT molecular complexity index is 911. The fraction of sp³-hybridized carbons (Fsp3) is 0.640. The minimum atomic E-state index is -0.883. The van der Waals surface area contributed by atoms with Gasteiger partial charge in [-0.1, -0.05) is 18.3 Å². The number of anilines is 1. The molecule has 1 aromatic carbocycles. The zero-order valence-corrected chi connectivity index (χ0v) is 22.9. The van der Waals surface area contributed by atoms with Gasteiger partial charge in [0.15, 0.2) is 0 Å². The summed E-state index contributed by atoms with van der Waals surface area (Å²) in [5, 5.41) is 12.6. The average molecular weight is 554 g/mol. The molecule has 1 aliphatic heterocycles. The highest BCUT2D eigenvalue weighted by Gasteiger charge is 2.37. The van der Waals surface area contributed by atoms with E-state index in [9.17, 15) is 14.7 Å². The molecule has 0 bridgehead atoms. The van der Waals surface area contributed by atoms with E-state index in [1.165, 1.54) is 30.8 Å². The summed E-state index contributed by atoms with van der Waals surface area (Å²) in [5.74, 6) is -0.883. The summed E-state index contributed by atoms with van der Waals surface area (Å²) in [6.07, 6.45) is 2.39. The predicted molar refractivity (Wildman–Crippen MR) is 145 cm³/mol. The van der Waals surface area contributed by atoms with Crippen LogP contribution in [0.25, 0.3) is 0 Å². The van der Waals surface area contributed by atoms with Gasteiger partial charge in [0, 0.05) is 57.0 Å². The SMILES string of the molecule is COOCN1CCN(CC=O)CCN(CC(=O)O)CCN(COOC)[C@@H]2Cc3ccc(NC=S)cc3C[C@H]21. The van der Waals surface area contributed by atoms with E-state index in [-0.39, 0.29) is 38.6 Å². The summed E-state index contributed by atoms with van der Waals surface area (Å²) in [6.45, 7) is 4.13. The van der Waals surface area contributed by atoms with Crippen molar-refractivity contribution < 1.29 is 34.2 Å². The smallest absolute Gasteiger partial charge is 0.317 e. The number of nitrogens with zero attached hydrogens (tertiary/aromatic N) is 4. The molecule has 2 N–H and O–H groups in total. The largest absolute Gasteiger partial charge is 0.480 e. The molecular weight excluding hydrogens is 514 g/mol. The van der Waals surface area contributed by atoms with Gasteiger partial charge in [-0.05, 0) is 36.1 Å². The van der Waals surface area contributed by atoms with Gasteiger partial charge < -0.3 is 15.2 Å². The lowest BCUT2D eigenvalue weighted by molar-refractivity contribution is -0.308. The number of carbonyl (C=O) groups excluding carboxylic acids is 1. The number of rotatable bonds is 12. The van der Waals surface area contributed by atoms with E-state index < -0.39 is 5.97 Å². The standard InChI is InChI=1S/C25H39N5O7S/c1-34-36-18-29-9-7-27(11-12-31)5-6-28(16-25(32)33)8-10-30(19-37-35-2)23-14-20-3-4-22(26-17-38)13-21(20)15-24(23)29/h3-4,12-13,17,23-24H,5-11,14-16,18-19H2,1-2H3,(H,26,38)(H,32,33)/t23-,24-/m1/s1. The van der Waals surface area contributed by atoms with Crippen LogP contribution in [0.15, 0.2) is 18.2 Å². The maximum absolute atomic E-state index is 11.6. The van der Waals surface area contributed by atoms with Crippen molar-refractivity contribution in [2.24, 2.45) is 0 Å². The van der Waals surface area contributed by atoms with E-state index in [1.807, 2.05) is 15.9 Å². The van der Waals surface area contributed by atoms with E-state index in [4.69, 9.17) is 31.8 Å². The molecule has 0 aromatic heterocycles. The zero-order valence-electron chi connectivity index (χ0n) is 22.1. The number of benzene rings is 1. The normalized spacial score (nSPS) is 22.5. The third-order valence-electron chi connectivity index (χ3n) is 7.18. The number of hydrogen-bond acceptors (Lipinski definition) is 11. The van der Waals surface area contributed by atoms with E-state index in [1.54, 1.807) is 0 Å². The first-order chi connectivity index (χ1) is 18.5. The van der Waals surface area contributed by atoms with E-state index in [0.717, 1.165) is 24.8 Å². The molecule has 1 aromatic rings. The number of nitrogens with one attached hydrogen (secondary N) is 1. The summed E-state index contributed by atoms with van der Waals surface area (Å²) in [5.41, 5.74) is 4.88. The van der Waals surface area contributed by atoms with Crippen LogP contribution in [0.4, 0.5) is 5.69 Å². The Balaban J connectivity index is 1.98. The van der Waals surface area contributed by atoms with Crippen LogP contribution in [0.2, 0.25) is 0 Å². The maximum atomic E-state index is 11.6. The average Bonchev–Trinajstić information content (AvgIpc) is 2.90. The van der Waals surface area contributed by atoms with Crippen molar-refractivity contribution in [3.05, 3.63) is 29.3 Å². The van der Waals surface area contributed by atoms with E-state index in [2.05, 4.69) is 27.2 Å². The number of thiocarbonyl (C=S) groups is 1. The van der Waals surface area contributed by atoms with Crippen molar-refractivity contribution in [2.45, 2.75) is 24.9 Å². The second-order valence-electron chi connectivity index (χ2n) is 9.38. The van der Waals surface area contributed by atoms with Gasteiger partial charge in [0.05, 0.1) is 32.8 Å². The lowest BCUT2D eigenvalue weighted by atomic mass is 9.82. The number of fused-ring (bicyclic) bond motifs is 2. The fourth-order valence-corrected chi connectivity index (χ4v) is 5.35. The first-order valence-corrected chi connectivity index (χ1v) is 13.2. The molecule has 1 heterocycles. The number of carbonyl (C=O) groups is 2. The van der Waals surface area contributed by atoms with Gasteiger partial charge in [0.25, 0.3) is 0 Å². The fourth-order valence-electron chi connectivity index (χ4n) is 5.22. The van der Waals surface area contributed by atoms with Crippen molar-refractivity contribution in [3.8, 4) is 0 Å². The molecule has 38 heavy (non-hydrogen) atoms. The van der Waals surface area contributed by atoms with E-state index >= 15 is 0 Å². The third kappa shape index (κ3) is 9.00. The molecule has 12 nitrogen and oxygen atoms in total. The summed E-state index contributed by atoms with van der Waals surface area (Å²) in [6, 6.07) is 6.31. The molecule has 3 rings (SSSR count). The molecule has 0 unspecified atom stereocenters. The van der Waals surface area contributed by atoms with Gasteiger partial charge in [-0.25, -0.2) is 19.6 Å². The minimum Gasteiger partial charge on any atom is -0.480 e. The highest BCUT2D eigenvalue weighted by atomic mass is 32.1. The predicted octanol–water partition coefficient (Wildman–Crippen LogP) is 0.468. The Morgan fingerprint density at radius 3 is 2.13 bits per heavy atom. The third-order valence-corrected chi connectivity index (χ3v) is 7.29. The van der Waals surface area contributed by atoms with Crippen molar-refractivity contribution in [3.63, 3.8) is 0 Å². The second kappa shape index (κ2) is 16.1. The second-order valence-corrected chi connectivity index (χ2v) is 9.61. The number of carboxylic acids is 1. The summed E-state index contributed by atoms with van der Waals surface area (Å²) >= 11 is 4.98. The number of aldehydes is 1. The summed E-state index contributed by atoms with van der Waals surface area (Å²) < 4.78 is 0. The molecule has 13 heteroatoms. The first-order valence-electron chi connectivity index (χ1n) is 12.7. The Labute approximate surface area is 229 Å². The molecule has 0 spiro atoms. The maximum Gasteiger partial charge on any atom is 0.317 e. The number of aliphatic carboxylic acids is 1. The number of carboxylic acid groups (broad SMARTS) is 1. The van der Waals surface area contributed by atoms with Crippen LogP contribution in [-0.4, -0.2) is 135 Å². The molecule has 212 valence electrons. The quantitative estimate of drug-likeness (QED) is 0.162. The highest BCUT2D eigenvalue weighted by molar-refractivity contribution is 7.79. The number of hydrogen-bond donors (Lipinski definition) is 2. The summed E-state index contributed by atoms with van der Waals surface area (Å²) in [7, 11) is 2.97. The van der Waals surface area contributed by atoms with Gasteiger partial charge in [0.1, 0.15) is 19.7 Å². The van der Waals surface area contributed by atoms with Crippen molar-refractivity contribution >= 4 is 35.7 Å². The molecule has 1 aliphatic carbocycles. The van der Waals surface area contributed by atoms with Crippen molar-refractivity contribution in [1.82, 2.24) is 19.6 Å². The Kier molecular flexibility index (Phi) is 12.9. The molecule has 0 amide bonds. The van der Waals surface area contributed by atoms with Crippen LogP contribution >= 0.6 is 12.2 Å². The van der Waals surface area contributed by atoms with Crippen LogP contribution in [-0.2, 0) is 42.0 Å². The lowest BCUT2D eigenvalue weighted by Gasteiger charge is -2.46. The van der Waals surface area contributed by atoms with Gasteiger partial charge >= 0.3 is 5.97 Å². The summed E-state index contributed by atoms with van der Waals surface area (Å²) in [4.78, 5) is 52.1. The molecule has 1 fully saturated rings. The molecular formula is C25H39N5O7S. The first kappa shape index (κ1) is 30.5. The van der Waals surface area contributed by atoms with Gasteiger partial charge in [-0.3, -0.25) is 24.4 Å². The van der Waals surface area contributed by atoms with Crippen molar-refractivity contribution in [2.75, 3.05) is 85.4 Å². The van der Waals surface area contributed by atoms with Gasteiger partial charge in [-0.2, -0.15) is 0 Å². The molecule has 2 atom stereocenters. The lowest BCUT2D eigenvalue weighted by Crippen LogP contribution is -2.59. The van der Waals surface area contributed by atoms with Crippen LogP contribution in [0.5, 0.6) is 0 Å². The van der Waals surface area contributed by atoms with Crippen LogP contribution in [0.1, 0.15) is 11.1 Å².